The van der Waals surface area contributed by atoms with Crippen LogP contribution in [0.4, 0.5) is 0 Å². The summed E-state index contributed by atoms with van der Waals surface area (Å²) in [4.78, 5) is 0. The van der Waals surface area contributed by atoms with Gasteiger partial charge in [0.2, 0.25) is 0 Å². The zero-order valence-corrected chi connectivity index (χ0v) is 12.3. The van der Waals surface area contributed by atoms with Crippen molar-refractivity contribution < 1.29 is 0 Å². The van der Waals surface area contributed by atoms with E-state index >= 15 is 0 Å². The second kappa shape index (κ2) is 6.09. The fourth-order valence-corrected chi connectivity index (χ4v) is 4.41. The van der Waals surface area contributed by atoms with E-state index < -0.39 is 0 Å². The van der Waals surface area contributed by atoms with Crippen LogP contribution in [0.25, 0.3) is 0 Å². The molecule has 0 spiro atoms. The molecule has 0 atom stereocenters. The van der Waals surface area contributed by atoms with E-state index in [0.717, 1.165) is 18.3 Å². The number of hydrogen-bond acceptors (Lipinski definition) is 1. The molecule has 0 radical (unpaired) electrons. The average Bonchev–Trinajstić information content (AvgIpc) is 2.40. The molecule has 2 aliphatic rings. The summed E-state index contributed by atoms with van der Waals surface area (Å²) in [6.45, 7) is 4.51. The van der Waals surface area contributed by atoms with Gasteiger partial charge in [0.15, 0.2) is 0 Å². The topological polar surface area (TPSA) is 23.8 Å². The molecule has 0 bridgehead atoms. The van der Waals surface area contributed by atoms with Crippen LogP contribution in [0, 0.1) is 34.5 Å². The monoisotopic (exact) mass is 247 g/mol. The average molecular weight is 247 g/mol. The van der Waals surface area contributed by atoms with Crippen LogP contribution in [0.5, 0.6) is 0 Å². The highest BCUT2D eigenvalue weighted by Crippen LogP contribution is 2.47. The van der Waals surface area contributed by atoms with Crippen LogP contribution < -0.4 is 0 Å². The van der Waals surface area contributed by atoms with E-state index in [2.05, 4.69) is 19.9 Å². The van der Waals surface area contributed by atoms with Gasteiger partial charge < -0.3 is 0 Å². The Hall–Kier alpha value is -0.510. The van der Waals surface area contributed by atoms with Crippen molar-refractivity contribution >= 4 is 0 Å². The Kier molecular flexibility index (Phi) is 4.71. The summed E-state index contributed by atoms with van der Waals surface area (Å²) in [7, 11) is 0. The highest BCUT2D eigenvalue weighted by atomic mass is 14.4. The fraction of sp³-hybridized carbons (Fsp3) is 0.941. The van der Waals surface area contributed by atoms with Crippen molar-refractivity contribution in [3.63, 3.8) is 0 Å². The Labute approximate surface area is 113 Å². The Balaban J connectivity index is 1.88. The van der Waals surface area contributed by atoms with Gasteiger partial charge in [-0.15, -0.1) is 0 Å². The lowest BCUT2D eigenvalue weighted by molar-refractivity contribution is 0.122. The van der Waals surface area contributed by atoms with Gasteiger partial charge in [0, 0.05) is 0 Å². The minimum Gasteiger partial charge on any atom is -0.198 e. The van der Waals surface area contributed by atoms with Gasteiger partial charge in [-0.3, -0.25) is 0 Å². The third-order valence-corrected chi connectivity index (χ3v) is 5.34. The fourth-order valence-electron chi connectivity index (χ4n) is 4.41. The van der Waals surface area contributed by atoms with Gasteiger partial charge in [-0.2, -0.15) is 5.26 Å². The molecular weight excluding hydrogens is 218 g/mol. The van der Waals surface area contributed by atoms with Crippen LogP contribution in [0.3, 0.4) is 0 Å². The lowest BCUT2D eigenvalue weighted by atomic mass is 9.63. The second-order valence-electron chi connectivity index (χ2n) is 7.23. The van der Waals surface area contributed by atoms with E-state index in [1.54, 1.807) is 0 Å². The first kappa shape index (κ1) is 13.9. The SMILES string of the molecule is CC(C)C[C@]1(C#N)CC[C@@H](C2CCCCC2)CC1. The third kappa shape index (κ3) is 3.28. The predicted molar refractivity (Wildman–Crippen MR) is 76.0 cm³/mol. The first-order chi connectivity index (χ1) is 8.65. The van der Waals surface area contributed by atoms with Crippen molar-refractivity contribution in [2.75, 3.05) is 0 Å². The quantitative estimate of drug-likeness (QED) is 0.662. The zero-order valence-electron chi connectivity index (χ0n) is 12.3. The van der Waals surface area contributed by atoms with Crippen LogP contribution in [0.2, 0.25) is 0 Å². The van der Waals surface area contributed by atoms with Gasteiger partial charge in [0.25, 0.3) is 0 Å². The second-order valence-corrected chi connectivity index (χ2v) is 7.23. The molecule has 0 amide bonds. The maximum Gasteiger partial charge on any atom is 0.0689 e. The molecule has 0 aromatic carbocycles. The van der Waals surface area contributed by atoms with Crippen molar-refractivity contribution in [1.29, 1.82) is 5.26 Å². The van der Waals surface area contributed by atoms with Gasteiger partial charge in [0.1, 0.15) is 0 Å². The summed E-state index contributed by atoms with van der Waals surface area (Å²) in [6, 6.07) is 2.67. The summed E-state index contributed by atoms with van der Waals surface area (Å²) >= 11 is 0. The molecule has 102 valence electrons. The minimum absolute atomic E-state index is 0.0271. The van der Waals surface area contributed by atoms with Gasteiger partial charge in [-0.1, -0.05) is 46.0 Å². The molecule has 0 aromatic heterocycles. The van der Waals surface area contributed by atoms with Crippen molar-refractivity contribution in [2.24, 2.45) is 23.2 Å². The highest BCUT2D eigenvalue weighted by Gasteiger charge is 2.38. The number of rotatable bonds is 3. The standard InChI is InChI=1S/C17H29N/c1-14(2)12-17(13-18)10-8-16(9-11-17)15-6-4-3-5-7-15/h14-16H,3-12H2,1-2H3/t16-,17+. The molecule has 1 nitrogen and oxygen atoms in total. The molecule has 18 heavy (non-hydrogen) atoms. The largest absolute Gasteiger partial charge is 0.198 e. The van der Waals surface area contributed by atoms with E-state index in [1.807, 2.05) is 0 Å². The first-order valence-electron chi connectivity index (χ1n) is 8.06. The van der Waals surface area contributed by atoms with Crippen LogP contribution in [0.15, 0.2) is 0 Å². The molecule has 2 saturated carbocycles. The summed E-state index contributed by atoms with van der Waals surface area (Å²) in [5.74, 6) is 2.60. The predicted octanol–water partition coefficient (Wildman–Crippen LogP) is 5.31. The first-order valence-corrected chi connectivity index (χ1v) is 8.06. The van der Waals surface area contributed by atoms with E-state index in [0.29, 0.717) is 5.92 Å². The third-order valence-electron chi connectivity index (χ3n) is 5.34. The van der Waals surface area contributed by atoms with Crippen LogP contribution in [-0.4, -0.2) is 0 Å². The Bertz CT molecular complexity index is 285. The minimum atomic E-state index is 0.0271. The lowest BCUT2D eigenvalue weighted by Gasteiger charge is -2.40. The summed E-state index contributed by atoms with van der Waals surface area (Å²) < 4.78 is 0. The van der Waals surface area contributed by atoms with Gasteiger partial charge in [0.05, 0.1) is 11.5 Å². The molecule has 0 aromatic rings. The molecule has 0 aliphatic heterocycles. The number of nitrogens with zero attached hydrogens (tertiary/aromatic N) is 1. The zero-order chi connectivity index (χ0) is 13.0. The van der Waals surface area contributed by atoms with E-state index in [9.17, 15) is 5.26 Å². The van der Waals surface area contributed by atoms with E-state index in [4.69, 9.17) is 0 Å². The Morgan fingerprint density at radius 2 is 1.56 bits per heavy atom. The van der Waals surface area contributed by atoms with E-state index in [1.165, 1.54) is 57.8 Å². The van der Waals surface area contributed by atoms with Gasteiger partial charge in [-0.05, 0) is 49.9 Å². The van der Waals surface area contributed by atoms with Crippen molar-refractivity contribution in [2.45, 2.75) is 78.1 Å². The van der Waals surface area contributed by atoms with Crippen LogP contribution >= 0.6 is 0 Å². The van der Waals surface area contributed by atoms with Crippen molar-refractivity contribution in [1.82, 2.24) is 0 Å². The van der Waals surface area contributed by atoms with Gasteiger partial charge >= 0.3 is 0 Å². The molecular formula is C17H29N. The van der Waals surface area contributed by atoms with Crippen LogP contribution in [-0.2, 0) is 0 Å². The molecule has 0 heterocycles. The maximum absolute atomic E-state index is 9.54. The van der Waals surface area contributed by atoms with Crippen molar-refractivity contribution in [3.05, 3.63) is 0 Å². The Morgan fingerprint density at radius 3 is 2.06 bits per heavy atom. The lowest BCUT2D eigenvalue weighted by Crippen LogP contribution is -2.31. The van der Waals surface area contributed by atoms with Crippen LogP contribution in [0.1, 0.15) is 78.1 Å². The Morgan fingerprint density at radius 1 is 1.00 bits per heavy atom. The molecule has 2 fully saturated rings. The number of hydrogen-bond donors (Lipinski definition) is 0. The molecule has 2 rings (SSSR count). The molecule has 0 saturated heterocycles. The molecule has 1 heteroatoms. The molecule has 2 aliphatic carbocycles. The normalized spacial score (nSPS) is 34.4. The number of nitriles is 1. The summed E-state index contributed by atoms with van der Waals surface area (Å²) in [5, 5.41) is 9.54. The summed E-state index contributed by atoms with van der Waals surface area (Å²) in [6.07, 6.45) is 13.4. The van der Waals surface area contributed by atoms with E-state index in [-0.39, 0.29) is 5.41 Å². The highest BCUT2D eigenvalue weighted by molar-refractivity contribution is 5.02. The maximum atomic E-state index is 9.54. The van der Waals surface area contributed by atoms with Gasteiger partial charge in [-0.25, -0.2) is 0 Å². The molecule has 0 N–H and O–H groups in total. The summed E-state index contributed by atoms with van der Waals surface area (Å²) in [5.41, 5.74) is 0.0271. The van der Waals surface area contributed by atoms with Crippen molar-refractivity contribution in [3.8, 4) is 6.07 Å². The molecule has 0 unspecified atom stereocenters. The smallest absolute Gasteiger partial charge is 0.0689 e.